The molecule has 0 aromatic carbocycles. The van der Waals surface area contributed by atoms with E-state index in [4.69, 9.17) is 5.73 Å². The third-order valence-electron chi connectivity index (χ3n) is 3.39. The van der Waals surface area contributed by atoms with Crippen LogP contribution >= 0.6 is 0 Å². The average Bonchev–Trinajstić information content (AvgIpc) is 3.10. The highest BCUT2D eigenvalue weighted by Crippen LogP contribution is 2.30. The first-order valence-electron chi connectivity index (χ1n) is 6.00. The highest BCUT2D eigenvalue weighted by molar-refractivity contribution is 5.77. The van der Waals surface area contributed by atoms with Gasteiger partial charge in [0.15, 0.2) is 0 Å². The summed E-state index contributed by atoms with van der Waals surface area (Å²) in [6.45, 7) is 3.33. The summed E-state index contributed by atoms with van der Waals surface area (Å²) in [4.78, 5) is 13.6. The molecule has 2 aliphatic rings. The van der Waals surface area contributed by atoms with Gasteiger partial charge in [-0.1, -0.05) is 0 Å². The lowest BCUT2D eigenvalue weighted by Gasteiger charge is -2.32. The van der Waals surface area contributed by atoms with Crippen LogP contribution in [0.15, 0.2) is 0 Å². The van der Waals surface area contributed by atoms with E-state index in [1.54, 1.807) is 0 Å². The molecular weight excluding hydrogens is 190 g/mol. The van der Waals surface area contributed by atoms with Gasteiger partial charge in [-0.05, 0) is 38.1 Å². The maximum absolute atomic E-state index is 11.0. The second-order valence-corrected chi connectivity index (χ2v) is 4.74. The van der Waals surface area contributed by atoms with Crippen molar-refractivity contribution >= 4 is 5.91 Å². The van der Waals surface area contributed by atoms with E-state index < -0.39 is 0 Å². The van der Waals surface area contributed by atoms with Gasteiger partial charge in [0.05, 0.1) is 6.54 Å². The zero-order chi connectivity index (χ0) is 10.7. The van der Waals surface area contributed by atoms with Gasteiger partial charge in [-0.15, -0.1) is 0 Å². The zero-order valence-corrected chi connectivity index (χ0v) is 9.24. The lowest BCUT2D eigenvalue weighted by Crippen LogP contribution is -2.42. The van der Waals surface area contributed by atoms with Crippen molar-refractivity contribution in [1.29, 1.82) is 0 Å². The minimum atomic E-state index is -0.0291. The van der Waals surface area contributed by atoms with Crippen molar-refractivity contribution in [3.8, 4) is 0 Å². The number of nitrogens with zero attached hydrogens (tertiary/aromatic N) is 1. The van der Waals surface area contributed by atoms with Crippen LogP contribution in [0.5, 0.6) is 0 Å². The van der Waals surface area contributed by atoms with Crippen LogP contribution in [0.1, 0.15) is 25.7 Å². The predicted molar refractivity (Wildman–Crippen MR) is 59.4 cm³/mol. The van der Waals surface area contributed by atoms with E-state index in [9.17, 15) is 4.79 Å². The minimum absolute atomic E-state index is 0.0291. The van der Waals surface area contributed by atoms with E-state index in [1.807, 2.05) is 0 Å². The number of carbonyl (C=O) groups excluding carboxylic acids is 1. The van der Waals surface area contributed by atoms with Crippen LogP contribution in [-0.4, -0.2) is 43.0 Å². The number of rotatable bonds is 4. The molecule has 1 heterocycles. The van der Waals surface area contributed by atoms with Gasteiger partial charge in [-0.25, -0.2) is 0 Å². The Morgan fingerprint density at radius 3 is 2.87 bits per heavy atom. The summed E-state index contributed by atoms with van der Waals surface area (Å²) in [5.74, 6) is 0.605. The average molecular weight is 211 g/mol. The van der Waals surface area contributed by atoms with Crippen molar-refractivity contribution in [2.45, 2.75) is 31.7 Å². The fourth-order valence-corrected chi connectivity index (χ4v) is 2.37. The molecule has 1 aliphatic carbocycles. The Bertz CT molecular complexity index is 228. The molecule has 0 radical (unpaired) electrons. The number of nitrogens with two attached hydrogens (primary N) is 1. The normalized spacial score (nSPS) is 27.7. The quantitative estimate of drug-likeness (QED) is 0.684. The van der Waals surface area contributed by atoms with Gasteiger partial charge in [-0.2, -0.15) is 0 Å². The summed E-state index contributed by atoms with van der Waals surface area (Å²) in [6.07, 6.45) is 5.28. The molecule has 1 atom stereocenters. The first kappa shape index (κ1) is 10.9. The zero-order valence-electron chi connectivity index (χ0n) is 9.24. The number of hydrogen-bond acceptors (Lipinski definition) is 3. The van der Waals surface area contributed by atoms with Crippen molar-refractivity contribution in [2.75, 3.05) is 26.2 Å². The molecule has 3 N–H and O–H groups in total. The molecule has 0 spiro atoms. The Morgan fingerprint density at radius 2 is 2.20 bits per heavy atom. The Labute approximate surface area is 91.2 Å². The Morgan fingerprint density at radius 1 is 1.40 bits per heavy atom. The molecule has 0 aromatic rings. The largest absolute Gasteiger partial charge is 0.355 e. The fraction of sp³-hybridized carbons (Fsp3) is 0.909. The summed E-state index contributed by atoms with van der Waals surface area (Å²) in [5, 5.41) is 2.89. The Hall–Kier alpha value is -0.610. The van der Waals surface area contributed by atoms with Crippen molar-refractivity contribution < 1.29 is 4.79 Å². The second kappa shape index (κ2) is 4.94. The van der Waals surface area contributed by atoms with Gasteiger partial charge in [0.1, 0.15) is 0 Å². The molecule has 2 fully saturated rings. The molecule has 86 valence electrons. The second-order valence-electron chi connectivity index (χ2n) is 4.74. The number of piperidine rings is 1. The van der Waals surface area contributed by atoms with E-state index in [2.05, 4.69) is 10.2 Å². The van der Waals surface area contributed by atoms with Gasteiger partial charge in [-0.3, -0.25) is 4.79 Å². The van der Waals surface area contributed by atoms with E-state index in [-0.39, 0.29) is 12.5 Å². The Balaban J connectivity index is 1.70. The van der Waals surface area contributed by atoms with Crippen molar-refractivity contribution in [3.05, 3.63) is 0 Å². The van der Waals surface area contributed by atoms with Crippen LogP contribution in [-0.2, 0) is 4.79 Å². The lowest BCUT2D eigenvalue weighted by molar-refractivity contribution is -0.120. The topological polar surface area (TPSA) is 58.4 Å². The van der Waals surface area contributed by atoms with Crippen LogP contribution in [0.4, 0.5) is 0 Å². The molecule has 1 unspecified atom stereocenters. The molecule has 1 aliphatic heterocycles. The predicted octanol–water partition coefficient (Wildman–Crippen LogP) is -0.0643. The number of nitrogens with one attached hydrogen (secondary N) is 1. The van der Waals surface area contributed by atoms with E-state index in [0.717, 1.165) is 19.1 Å². The number of hydrogen-bond donors (Lipinski definition) is 2. The van der Waals surface area contributed by atoms with E-state index in [0.29, 0.717) is 5.92 Å². The van der Waals surface area contributed by atoms with Gasteiger partial charge in [0, 0.05) is 19.1 Å². The molecule has 4 nitrogen and oxygen atoms in total. The minimum Gasteiger partial charge on any atom is -0.355 e. The molecule has 0 aromatic heterocycles. The molecular formula is C11H21N3O. The Kier molecular flexibility index (Phi) is 3.59. The van der Waals surface area contributed by atoms with E-state index >= 15 is 0 Å². The van der Waals surface area contributed by atoms with Crippen molar-refractivity contribution in [3.63, 3.8) is 0 Å². The number of likely N-dealkylation sites (tertiary alicyclic amines) is 1. The SMILES string of the molecule is NCC(=O)NCC1CCCN(C2CC2)C1. The summed E-state index contributed by atoms with van der Waals surface area (Å²) < 4.78 is 0. The van der Waals surface area contributed by atoms with Crippen LogP contribution in [0.2, 0.25) is 0 Å². The lowest BCUT2D eigenvalue weighted by atomic mass is 9.98. The molecule has 2 rings (SSSR count). The summed E-state index contributed by atoms with van der Waals surface area (Å²) in [6, 6.07) is 0.859. The molecule has 4 heteroatoms. The van der Waals surface area contributed by atoms with Gasteiger partial charge < -0.3 is 16.0 Å². The highest BCUT2D eigenvalue weighted by Gasteiger charge is 2.32. The van der Waals surface area contributed by atoms with Crippen molar-refractivity contribution in [1.82, 2.24) is 10.2 Å². The highest BCUT2D eigenvalue weighted by atomic mass is 16.1. The fourth-order valence-electron chi connectivity index (χ4n) is 2.37. The van der Waals surface area contributed by atoms with Crippen LogP contribution in [0.3, 0.4) is 0 Å². The summed E-state index contributed by atoms with van der Waals surface area (Å²) in [5.41, 5.74) is 5.25. The molecule has 15 heavy (non-hydrogen) atoms. The van der Waals surface area contributed by atoms with Gasteiger partial charge in [0.25, 0.3) is 0 Å². The summed E-state index contributed by atoms with van der Waals surface area (Å²) >= 11 is 0. The molecule has 1 amide bonds. The number of amides is 1. The van der Waals surface area contributed by atoms with Gasteiger partial charge in [0.2, 0.25) is 5.91 Å². The standard InChI is InChI=1S/C11H21N3O/c12-6-11(15)13-7-9-2-1-5-14(8-9)10-3-4-10/h9-10H,1-8,12H2,(H,13,15). The molecule has 0 bridgehead atoms. The molecule has 1 saturated heterocycles. The summed E-state index contributed by atoms with van der Waals surface area (Å²) in [7, 11) is 0. The first-order chi connectivity index (χ1) is 7.29. The first-order valence-corrected chi connectivity index (χ1v) is 6.00. The van der Waals surface area contributed by atoms with Crippen molar-refractivity contribution in [2.24, 2.45) is 11.7 Å². The third-order valence-corrected chi connectivity index (χ3v) is 3.39. The maximum atomic E-state index is 11.0. The monoisotopic (exact) mass is 211 g/mol. The van der Waals surface area contributed by atoms with Crippen LogP contribution < -0.4 is 11.1 Å². The maximum Gasteiger partial charge on any atom is 0.233 e. The third kappa shape index (κ3) is 3.18. The smallest absolute Gasteiger partial charge is 0.233 e. The number of carbonyl (C=O) groups is 1. The van der Waals surface area contributed by atoms with Gasteiger partial charge >= 0.3 is 0 Å². The van der Waals surface area contributed by atoms with Crippen LogP contribution in [0, 0.1) is 5.92 Å². The molecule has 1 saturated carbocycles. The van der Waals surface area contributed by atoms with Crippen LogP contribution in [0.25, 0.3) is 0 Å². The van der Waals surface area contributed by atoms with E-state index in [1.165, 1.54) is 32.2 Å².